The molecule has 0 spiro atoms. The predicted molar refractivity (Wildman–Crippen MR) is 70.5 cm³/mol. The maximum atomic E-state index is 6.12. The summed E-state index contributed by atoms with van der Waals surface area (Å²) in [6.07, 6.45) is 0. The highest BCUT2D eigenvalue weighted by Gasteiger charge is 2.14. The van der Waals surface area contributed by atoms with Crippen LogP contribution >= 0.6 is 22.9 Å². The van der Waals surface area contributed by atoms with Gasteiger partial charge in [-0.05, 0) is 33.8 Å². The van der Waals surface area contributed by atoms with Crippen molar-refractivity contribution in [3.8, 4) is 0 Å². The Bertz CT molecular complexity index is 528. The van der Waals surface area contributed by atoms with Crippen LogP contribution in [0.4, 0.5) is 5.95 Å². The Balaban J connectivity index is 2.49. The Morgan fingerprint density at radius 2 is 2.00 bits per heavy atom. The van der Waals surface area contributed by atoms with Gasteiger partial charge in [-0.25, -0.2) is 9.97 Å². The van der Waals surface area contributed by atoms with E-state index in [0.29, 0.717) is 11.1 Å². The monoisotopic (exact) mass is 255 g/mol. The Labute approximate surface area is 104 Å². The standard InChI is InChI=1S/C11H14ClN3S/c1-6-5-7-8(12)13-10(14-9(7)16-6)15-11(2,3)4/h5H,1-4H3,(H,13,14,15). The number of aryl methyl sites for hydroxylation is 1. The molecule has 2 rings (SSSR count). The molecule has 0 bridgehead atoms. The molecule has 2 aromatic heterocycles. The van der Waals surface area contributed by atoms with Crippen LogP contribution < -0.4 is 5.32 Å². The van der Waals surface area contributed by atoms with E-state index in [1.165, 1.54) is 4.88 Å². The second-order valence-electron chi connectivity index (χ2n) is 4.79. The van der Waals surface area contributed by atoms with Gasteiger partial charge in [-0.3, -0.25) is 0 Å². The van der Waals surface area contributed by atoms with Crippen molar-refractivity contribution in [3.05, 3.63) is 16.1 Å². The van der Waals surface area contributed by atoms with E-state index < -0.39 is 0 Å². The number of hydrogen-bond donors (Lipinski definition) is 1. The van der Waals surface area contributed by atoms with Gasteiger partial charge in [0.05, 0.1) is 0 Å². The minimum absolute atomic E-state index is 0.0662. The first-order valence-corrected chi connectivity index (χ1v) is 6.26. The summed E-state index contributed by atoms with van der Waals surface area (Å²) in [5.74, 6) is 0.590. The molecule has 0 radical (unpaired) electrons. The highest BCUT2D eigenvalue weighted by molar-refractivity contribution is 7.18. The number of thiophene rings is 1. The van der Waals surface area contributed by atoms with Gasteiger partial charge in [0, 0.05) is 15.8 Å². The number of aromatic nitrogens is 2. The Morgan fingerprint density at radius 1 is 1.31 bits per heavy atom. The third-order valence-electron chi connectivity index (χ3n) is 1.96. The summed E-state index contributed by atoms with van der Waals surface area (Å²) in [7, 11) is 0. The lowest BCUT2D eigenvalue weighted by Gasteiger charge is -2.20. The smallest absolute Gasteiger partial charge is 0.225 e. The van der Waals surface area contributed by atoms with Crippen LogP contribution in [0.15, 0.2) is 6.07 Å². The molecule has 86 valence electrons. The van der Waals surface area contributed by atoms with Crippen molar-refractivity contribution in [1.82, 2.24) is 9.97 Å². The molecule has 0 aliphatic heterocycles. The number of anilines is 1. The molecule has 1 N–H and O–H groups in total. The van der Waals surface area contributed by atoms with E-state index >= 15 is 0 Å². The molecule has 2 aromatic rings. The molecule has 0 aliphatic rings. The zero-order valence-electron chi connectivity index (χ0n) is 9.76. The third kappa shape index (κ3) is 2.44. The zero-order valence-corrected chi connectivity index (χ0v) is 11.3. The first-order valence-electron chi connectivity index (χ1n) is 5.07. The van der Waals surface area contributed by atoms with Crippen molar-refractivity contribution in [1.29, 1.82) is 0 Å². The van der Waals surface area contributed by atoms with Crippen molar-refractivity contribution in [2.24, 2.45) is 0 Å². The Hall–Kier alpha value is -0.870. The van der Waals surface area contributed by atoms with Crippen LogP contribution in [0.5, 0.6) is 0 Å². The summed E-state index contributed by atoms with van der Waals surface area (Å²) in [6.45, 7) is 8.23. The summed E-state index contributed by atoms with van der Waals surface area (Å²) < 4.78 is 0. The quantitative estimate of drug-likeness (QED) is 0.787. The van der Waals surface area contributed by atoms with Gasteiger partial charge in [0.1, 0.15) is 9.98 Å². The molecule has 0 atom stereocenters. The highest BCUT2D eigenvalue weighted by Crippen LogP contribution is 2.29. The van der Waals surface area contributed by atoms with Crippen LogP contribution in [0.3, 0.4) is 0 Å². The van der Waals surface area contributed by atoms with Crippen molar-refractivity contribution in [2.45, 2.75) is 33.2 Å². The summed E-state index contributed by atoms with van der Waals surface area (Å²) in [6, 6.07) is 2.02. The van der Waals surface area contributed by atoms with E-state index in [4.69, 9.17) is 11.6 Å². The molecular weight excluding hydrogens is 242 g/mol. The van der Waals surface area contributed by atoms with E-state index in [-0.39, 0.29) is 5.54 Å². The average Bonchev–Trinajstić information content (AvgIpc) is 2.42. The van der Waals surface area contributed by atoms with Crippen molar-refractivity contribution < 1.29 is 0 Å². The van der Waals surface area contributed by atoms with Crippen LogP contribution in [-0.4, -0.2) is 15.5 Å². The van der Waals surface area contributed by atoms with Gasteiger partial charge in [-0.2, -0.15) is 0 Å². The van der Waals surface area contributed by atoms with Gasteiger partial charge in [0.2, 0.25) is 5.95 Å². The van der Waals surface area contributed by atoms with E-state index in [0.717, 1.165) is 10.2 Å². The number of rotatable bonds is 1. The van der Waals surface area contributed by atoms with E-state index in [1.807, 2.05) is 13.0 Å². The topological polar surface area (TPSA) is 37.8 Å². The molecule has 3 nitrogen and oxygen atoms in total. The van der Waals surface area contributed by atoms with E-state index in [1.54, 1.807) is 11.3 Å². The SMILES string of the molecule is Cc1cc2c(Cl)nc(NC(C)(C)C)nc2s1. The first-order chi connectivity index (χ1) is 7.35. The van der Waals surface area contributed by atoms with E-state index in [9.17, 15) is 0 Å². The average molecular weight is 256 g/mol. The highest BCUT2D eigenvalue weighted by atomic mass is 35.5. The van der Waals surface area contributed by atoms with E-state index in [2.05, 4.69) is 36.1 Å². The minimum atomic E-state index is -0.0662. The van der Waals surface area contributed by atoms with Gasteiger partial charge in [-0.15, -0.1) is 11.3 Å². The second-order valence-corrected chi connectivity index (χ2v) is 6.38. The fourth-order valence-corrected chi connectivity index (χ4v) is 2.56. The van der Waals surface area contributed by atoms with Gasteiger partial charge < -0.3 is 5.32 Å². The van der Waals surface area contributed by atoms with Gasteiger partial charge >= 0.3 is 0 Å². The summed E-state index contributed by atoms with van der Waals surface area (Å²) in [5.41, 5.74) is -0.0662. The van der Waals surface area contributed by atoms with Crippen molar-refractivity contribution in [3.63, 3.8) is 0 Å². The predicted octanol–water partition coefficient (Wildman–Crippen LogP) is 3.86. The molecule has 0 unspecified atom stereocenters. The minimum Gasteiger partial charge on any atom is -0.350 e. The number of halogens is 1. The summed E-state index contributed by atoms with van der Waals surface area (Å²) in [5, 5.41) is 4.67. The summed E-state index contributed by atoms with van der Waals surface area (Å²) >= 11 is 7.75. The van der Waals surface area contributed by atoms with Crippen LogP contribution in [0.25, 0.3) is 10.2 Å². The fraction of sp³-hybridized carbons (Fsp3) is 0.455. The molecule has 0 saturated carbocycles. The third-order valence-corrected chi connectivity index (χ3v) is 3.19. The molecule has 2 heterocycles. The molecule has 0 fully saturated rings. The number of hydrogen-bond acceptors (Lipinski definition) is 4. The van der Waals surface area contributed by atoms with Crippen LogP contribution in [0.1, 0.15) is 25.6 Å². The largest absolute Gasteiger partial charge is 0.350 e. The number of fused-ring (bicyclic) bond motifs is 1. The molecular formula is C11H14ClN3S. The second kappa shape index (κ2) is 3.86. The molecule has 0 aliphatic carbocycles. The number of nitrogens with one attached hydrogen (secondary N) is 1. The van der Waals surface area contributed by atoms with Gasteiger partial charge in [0.15, 0.2) is 0 Å². The van der Waals surface area contributed by atoms with Crippen molar-refractivity contribution in [2.75, 3.05) is 5.32 Å². The fourth-order valence-electron chi connectivity index (χ4n) is 1.40. The summed E-state index contributed by atoms with van der Waals surface area (Å²) in [4.78, 5) is 10.8. The Morgan fingerprint density at radius 3 is 2.62 bits per heavy atom. The lowest BCUT2D eigenvalue weighted by molar-refractivity contribution is 0.627. The van der Waals surface area contributed by atoms with Crippen molar-refractivity contribution >= 4 is 39.1 Å². The molecule has 16 heavy (non-hydrogen) atoms. The molecule has 0 saturated heterocycles. The van der Waals surface area contributed by atoms with Crippen LogP contribution in [0.2, 0.25) is 5.15 Å². The lowest BCUT2D eigenvalue weighted by Crippen LogP contribution is -2.27. The maximum Gasteiger partial charge on any atom is 0.225 e. The van der Waals surface area contributed by atoms with Gasteiger partial charge in [0.25, 0.3) is 0 Å². The molecule has 5 heteroatoms. The lowest BCUT2D eigenvalue weighted by atomic mass is 10.1. The first kappa shape index (κ1) is 11.6. The van der Waals surface area contributed by atoms with Crippen LogP contribution in [-0.2, 0) is 0 Å². The van der Waals surface area contributed by atoms with Gasteiger partial charge in [-0.1, -0.05) is 11.6 Å². The zero-order chi connectivity index (χ0) is 11.9. The Kier molecular flexibility index (Phi) is 2.80. The number of nitrogens with zero attached hydrogens (tertiary/aromatic N) is 2. The van der Waals surface area contributed by atoms with Crippen LogP contribution in [0, 0.1) is 6.92 Å². The molecule has 0 aromatic carbocycles. The normalized spacial score (nSPS) is 12.1. The molecule has 0 amide bonds. The maximum absolute atomic E-state index is 6.12.